The molecule has 1 unspecified atom stereocenters. The molecular weight excluding hydrogens is 220 g/mol. The largest absolute Gasteiger partial charge is 0.459 e. The van der Waals surface area contributed by atoms with Crippen LogP contribution in [0.5, 0.6) is 0 Å². The van der Waals surface area contributed by atoms with Crippen molar-refractivity contribution in [2.75, 3.05) is 13.2 Å². The summed E-state index contributed by atoms with van der Waals surface area (Å²) in [5.41, 5.74) is -0.646. The lowest BCUT2D eigenvalue weighted by atomic mass is 10.2. The molecule has 0 bridgehead atoms. The van der Waals surface area contributed by atoms with E-state index in [9.17, 15) is 13.6 Å². The number of hydrogen-bond donors (Lipinski definition) is 2. The Morgan fingerprint density at radius 1 is 1.44 bits per heavy atom. The molecule has 0 aromatic carbocycles. The number of hydrogen-bond acceptors (Lipinski definition) is 4. The van der Waals surface area contributed by atoms with Crippen molar-refractivity contribution in [2.24, 2.45) is 0 Å². The molecule has 0 fully saturated rings. The molecule has 0 aliphatic heterocycles. The third kappa shape index (κ3) is 6.68. The molecule has 0 aromatic heterocycles. The van der Waals surface area contributed by atoms with Crippen LogP contribution in [0.25, 0.3) is 0 Å². The monoisotopic (exact) mass is 239 g/mol. The number of rotatable bonds is 5. The van der Waals surface area contributed by atoms with Gasteiger partial charge in [0.2, 0.25) is 0 Å². The zero-order chi connectivity index (χ0) is 13.0. The highest BCUT2D eigenvalue weighted by Crippen LogP contribution is 2.11. The number of aliphatic hydroxyl groups excluding tert-OH is 1. The lowest BCUT2D eigenvalue weighted by Gasteiger charge is -2.23. The average Bonchev–Trinajstić information content (AvgIpc) is 2.11. The number of halogens is 2. The molecule has 0 spiro atoms. The van der Waals surface area contributed by atoms with Crippen LogP contribution >= 0.6 is 0 Å². The Hall–Kier alpha value is -0.750. The van der Waals surface area contributed by atoms with Gasteiger partial charge in [0, 0.05) is 0 Å². The zero-order valence-corrected chi connectivity index (χ0v) is 10.0. The van der Waals surface area contributed by atoms with Gasteiger partial charge in [0.15, 0.2) is 0 Å². The molecule has 6 heteroatoms. The van der Waals surface area contributed by atoms with Gasteiger partial charge in [-0.25, -0.2) is 8.78 Å². The lowest BCUT2D eigenvalue weighted by molar-refractivity contribution is -0.157. The van der Waals surface area contributed by atoms with Crippen molar-refractivity contribution in [1.82, 2.24) is 5.32 Å². The van der Waals surface area contributed by atoms with Crippen molar-refractivity contribution in [3.8, 4) is 0 Å². The van der Waals surface area contributed by atoms with Crippen LogP contribution in [0.15, 0.2) is 0 Å². The molecule has 1 atom stereocenters. The molecule has 0 aromatic rings. The highest BCUT2D eigenvalue weighted by molar-refractivity contribution is 5.75. The summed E-state index contributed by atoms with van der Waals surface area (Å²) in [6.45, 7) is 4.51. The first-order valence-corrected chi connectivity index (χ1v) is 5.02. The van der Waals surface area contributed by atoms with Gasteiger partial charge in [-0.15, -0.1) is 0 Å². The van der Waals surface area contributed by atoms with Crippen LogP contribution in [-0.2, 0) is 9.53 Å². The van der Waals surface area contributed by atoms with Crippen molar-refractivity contribution in [3.63, 3.8) is 0 Å². The quantitative estimate of drug-likeness (QED) is 0.701. The van der Waals surface area contributed by atoms with Gasteiger partial charge in [-0.1, -0.05) is 0 Å². The molecule has 0 aliphatic rings. The molecule has 0 saturated heterocycles. The fourth-order valence-corrected chi connectivity index (χ4v) is 0.832. The van der Waals surface area contributed by atoms with E-state index in [1.165, 1.54) is 6.92 Å². The first-order chi connectivity index (χ1) is 7.07. The average molecular weight is 239 g/mol. The van der Waals surface area contributed by atoms with Gasteiger partial charge in [-0.2, -0.15) is 0 Å². The summed E-state index contributed by atoms with van der Waals surface area (Å²) in [5, 5.41) is 10.6. The Balaban J connectivity index is 4.08. The summed E-state index contributed by atoms with van der Waals surface area (Å²) in [6, 6.07) is -0.836. The lowest BCUT2D eigenvalue weighted by Crippen LogP contribution is -2.45. The second kappa shape index (κ2) is 5.54. The molecule has 4 nitrogen and oxygen atoms in total. The molecule has 0 amide bonds. The van der Waals surface area contributed by atoms with Crippen LogP contribution in [0.2, 0.25) is 0 Å². The molecule has 0 aliphatic carbocycles. The predicted octanol–water partition coefficient (Wildman–Crippen LogP) is 0.934. The van der Waals surface area contributed by atoms with Crippen molar-refractivity contribution in [1.29, 1.82) is 0 Å². The standard InChI is InChI=1S/C10H19F2NO3/c1-7(8(15)16-9(2,3)4)13-5-10(11,12)6-14/h7,13-14H,5-6H2,1-4H3. The summed E-state index contributed by atoms with van der Waals surface area (Å²) in [7, 11) is 0. The van der Waals surface area contributed by atoms with E-state index in [2.05, 4.69) is 5.32 Å². The Labute approximate surface area is 94.0 Å². The van der Waals surface area contributed by atoms with E-state index in [0.717, 1.165) is 0 Å². The van der Waals surface area contributed by atoms with Crippen LogP contribution in [0, 0.1) is 0 Å². The molecule has 0 radical (unpaired) electrons. The van der Waals surface area contributed by atoms with Crippen molar-refractivity contribution in [2.45, 2.75) is 45.3 Å². The van der Waals surface area contributed by atoms with Crippen molar-refractivity contribution in [3.05, 3.63) is 0 Å². The SMILES string of the molecule is CC(NCC(F)(F)CO)C(=O)OC(C)(C)C. The maximum atomic E-state index is 12.6. The Morgan fingerprint density at radius 2 is 1.94 bits per heavy atom. The van der Waals surface area contributed by atoms with Crippen molar-refractivity contribution >= 4 is 5.97 Å². The van der Waals surface area contributed by atoms with Gasteiger partial charge in [0.1, 0.15) is 18.2 Å². The maximum absolute atomic E-state index is 12.6. The van der Waals surface area contributed by atoms with Gasteiger partial charge in [0.25, 0.3) is 5.92 Å². The molecule has 2 N–H and O–H groups in total. The summed E-state index contributed by atoms with van der Waals surface area (Å²) in [4.78, 5) is 11.4. The number of nitrogens with one attached hydrogen (secondary N) is 1. The Kier molecular flexibility index (Phi) is 5.28. The number of carbonyl (C=O) groups is 1. The van der Waals surface area contributed by atoms with Gasteiger partial charge in [-0.3, -0.25) is 10.1 Å². The summed E-state index contributed by atoms with van der Waals surface area (Å²) < 4.78 is 30.3. The van der Waals surface area contributed by atoms with Gasteiger partial charge in [-0.05, 0) is 27.7 Å². The second-order valence-electron chi connectivity index (χ2n) is 4.65. The number of alkyl halides is 2. The molecule has 16 heavy (non-hydrogen) atoms. The number of carbonyl (C=O) groups excluding carboxylic acids is 1. The smallest absolute Gasteiger partial charge is 0.323 e. The number of esters is 1. The second-order valence-corrected chi connectivity index (χ2v) is 4.65. The highest BCUT2D eigenvalue weighted by Gasteiger charge is 2.30. The summed E-state index contributed by atoms with van der Waals surface area (Å²) in [5.74, 6) is -3.82. The van der Waals surface area contributed by atoms with E-state index in [0.29, 0.717) is 0 Å². The molecule has 0 saturated carbocycles. The molecular formula is C10H19F2NO3. The Morgan fingerprint density at radius 3 is 2.31 bits per heavy atom. The number of aliphatic hydroxyl groups is 1. The van der Waals surface area contributed by atoms with Crippen LogP contribution in [0.4, 0.5) is 8.78 Å². The fourth-order valence-electron chi connectivity index (χ4n) is 0.832. The molecule has 0 heterocycles. The topological polar surface area (TPSA) is 58.6 Å². The van der Waals surface area contributed by atoms with E-state index in [-0.39, 0.29) is 0 Å². The van der Waals surface area contributed by atoms with E-state index in [1.54, 1.807) is 20.8 Å². The van der Waals surface area contributed by atoms with E-state index >= 15 is 0 Å². The van der Waals surface area contributed by atoms with Crippen LogP contribution in [-0.4, -0.2) is 41.8 Å². The third-order valence-electron chi connectivity index (χ3n) is 1.66. The van der Waals surface area contributed by atoms with E-state index < -0.39 is 36.7 Å². The van der Waals surface area contributed by atoms with Crippen LogP contribution in [0.1, 0.15) is 27.7 Å². The predicted molar refractivity (Wildman–Crippen MR) is 55.3 cm³/mol. The normalized spacial score (nSPS) is 14.7. The van der Waals surface area contributed by atoms with Gasteiger partial charge < -0.3 is 9.84 Å². The molecule has 96 valence electrons. The summed E-state index contributed by atoms with van der Waals surface area (Å²) >= 11 is 0. The number of ether oxygens (including phenoxy) is 1. The first-order valence-electron chi connectivity index (χ1n) is 5.02. The summed E-state index contributed by atoms with van der Waals surface area (Å²) in [6.07, 6.45) is 0. The van der Waals surface area contributed by atoms with Crippen LogP contribution < -0.4 is 5.32 Å². The fraction of sp³-hybridized carbons (Fsp3) is 0.900. The first kappa shape index (κ1) is 15.2. The van der Waals surface area contributed by atoms with E-state index in [1.807, 2.05) is 0 Å². The maximum Gasteiger partial charge on any atom is 0.323 e. The minimum Gasteiger partial charge on any atom is -0.459 e. The minimum absolute atomic E-state index is 0.596. The van der Waals surface area contributed by atoms with Crippen LogP contribution in [0.3, 0.4) is 0 Å². The molecule has 0 rings (SSSR count). The van der Waals surface area contributed by atoms with Gasteiger partial charge >= 0.3 is 5.97 Å². The third-order valence-corrected chi connectivity index (χ3v) is 1.66. The zero-order valence-electron chi connectivity index (χ0n) is 10.0. The Bertz CT molecular complexity index is 239. The highest BCUT2D eigenvalue weighted by atomic mass is 19.3. The van der Waals surface area contributed by atoms with E-state index in [4.69, 9.17) is 9.84 Å². The minimum atomic E-state index is -3.23. The van der Waals surface area contributed by atoms with Crippen molar-refractivity contribution < 1.29 is 23.4 Å². The van der Waals surface area contributed by atoms with Gasteiger partial charge in [0.05, 0.1) is 6.54 Å².